The molecule has 166 valence electrons. The Kier molecular flexibility index (Phi) is 6.66. The number of carbonyl (C=O) groups is 1. The van der Waals surface area contributed by atoms with Gasteiger partial charge < -0.3 is 19.5 Å². The molecule has 0 saturated carbocycles. The monoisotopic (exact) mass is 471 g/mol. The second kappa shape index (κ2) is 9.79. The van der Waals surface area contributed by atoms with Crippen LogP contribution in [0.1, 0.15) is 15.4 Å². The number of piperazine rings is 1. The number of rotatable bonds is 6. The summed E-state index contributed by atoms with van der Waals surface area (Å²) in [7, 11) is 0. The molecule has 1 aliphatic heterocycles. The van der Waals surface area contributed by atoms with Crippen LogP contribution in [0.4, 0.5) is 17.1 Å². The molecular formula is C21H21N5O4S2. The Morgan fingerprint density at radius 3 is 2.66 bits per heavy atom. The molecule has 2 N–H and O–H groups in total. The zero-order valence-corrected chi connectivity index (χ0v) is 18.7. The predicted octanol–water partition coefficient (Wildman–Crippen LogP) is 3.70. The number of anilines is 2. The van der Waals surface area contributed by atoms with Crippen LogP contribution < -0.4 is 15.5 Å². The predicted molar refractivity (Wildman–Crippen MR) is 127 cm³/mol. The van der Waals surface area contributed by atoms with Crippen LogP contribution in [0.25, 0.3) is 0 Å². The molecule has 1 aromatic carbocycles. The first-order chi connectivity index (χ1) is 15.5. The average Bonchev–Trinajstić information content (AvgIpc) is 3.52. The van der Waals surface area contributed by atoms with E-state index in [4.69, 9.17) is 16.6 Å². The van der Waals surface area contributed by atoms with Crippen LogP contribution in [-0.4, -0.2) is 47.0 Å². The number of hydrogen-bond donors (Lipinski definition) is 2. The van der Waals surface area contributed by atoms with Gasteiger partial charge in [0.05, 0.1) is 22.6 Å². The summed E-state index contributed by atoms with van der Waals surface area (Å²) in [5, 5.41) is 19.6. The number of thiophene rings is 1. The van der Waals surface area contributed by atoms with E-state index in [-0.39, 0.29) is 11.6 Å². The van der Waals surface area contributed by atoms with Gasteiger partial charge in [-0.15, -0.1) is 11.3 Å². The minimum atomic E-state index is -0.402. The normalized spacial score (nSPS) is 13.6. The number of benzene rings is 1. The first kappa shape index (κ1) is 21.8. The largest absolute Gasteiger partial charge is 0.467 e. The lowest BCUT2D eigenvalue weighted by Gasteiger charge is -2.37. The highest BCUT2D eigenvalue weighted by molar-refractivity contribution is 7.80. The SMILES string of the molecule is O=C(NC(=S)N1CCN(c2ccc([N+](=O)[O-])c(NCc3ccco3)c2)CC1)c1cccs1. The van der Waals surface area contributed by atoms with Crippen LogP contribution in [0.5, 0.6) is 0 Å². The molecule has 9 nitrogen and oxygen atoms in total. The van der Waals surface area contributed by atoms with Crippen LogP contribution >= 0.6 is 23.6 Å². The fourth-order valence-corrected chi connectivity index (χ4v) is 4.32. The summed E-state index contributed by atoms with van der Waals surface area (Å²) >= 11 is 6.77. The maximum atomic E-state index is 12.2. The number of carbonyl (C=O) groups excluding carboxylic acids is 1. The maximum absolute atomic E-state index is 12.2. The van der Waals surface area contributed by atoms with Crippen molar-refractivity contribution in [1.82, 2.24) is 10.2 Å². The van der Waals surface area contributed by atoms with E-state index >= 15 is 0 Å². The molecule has 1 fully saturated rings. The highest BCUT2D eigenvalue weighted by atomic mass is 32.1. The van der Waals surface area contributed by atoms with Crippen molar-refractivity contribution in [3.63, 3.8) is 0 Å². The molecule has 2 aromatic heterocycles. The molecule has 0 radical (unpaired) electrons. The van der Waals surface area contributed by atoms with E-state index in [1.54, 1.807) is 30.5 Å². The molecule has 0 unspecified atom stereocenters. The van der Waals surface area contributed by atoms with Crippen molar-refractivity contribution in [3.8, 4) is 0 Å². The lowest BCUT2D eigenvalue weighted by Crippen LogP contribution is -2.52. The Morgan fingerprint density at radius 1 is 1.19 bits per heavy atom. The quantitative estimate of drug-likeness (QED) is 0.319. The molecule has 0 aliphatic carbocycles. The van der Waals surface area contributed by atoms with Gasteiger partial charge >= 0.3 is 0 Å². The highest BCUT2D eigenvalue weighted by Gasteiger charge is 2.23. The van der Waals surface area contributed by atoms with Crippen LogP contribution in [-0.2, 0) is 6.54 Å². The highest BCUT2D eigenvalue weighted by Crippen LogP contribution is 2.30. The van der Waals surface area contributed by atoms with E-state index in [1.165, 1.54) is 17.4 Å². The molecule has 3 aromatic rings. The van der Waals surface area contributed by atoms with Crippen molar-refractivity contribution in [2.45, 2.75) is 6.54 Å². The van der Waals surface area contributed by atoms with E-state index < -0.39 is 4.92 Å². The molecule has 32 heavy (non-hydrogen) atoms. The zero-order valence-electron chi connectivity index (χ0n) is 17.0. The van der Waals surface area contributed by atoms with E-state index in [1.807, 2.05) is 22.4 Å². The maximum Gasteiger partial charge on any atom is 0.292 e. The van der Waals surface area contributed by atoms with Crippen LogP contribution in [0.2, 0.25) is 0 Å². The topological polar surface area (TPSA) is 104 Å². The molecule has 0 spiro atoms. The van der Waals surface area contributed by atoms with Crippen molar-refractivity contribution in [2.24, 2.45) is 0 Å². The summed E-state index contributed by atoms with van der Waals surface area (Å²) in [5.41, 5.74) is 1.33. The molecule has 4 rings (SSSR count). The number of hydrogen-bond acceptors (Lipinski definition) is 8. The van der Waals surface area contributed by atoms with Crippen molar-refractivity contribution in [1.29, 1.82) is 0 Å². The van der Waals surface area contributed by atoms with Gasteiger partial charge in [-0.25, -0.2) is 0 Å². The van der Waals surface area contributed by atoms with Gasteiger partial charge in [0, 0.05) is 37.9 Å². The van der Waals surface area contributed by atoms with Crippen LogP contribution in [0.15, 0.2) is 58.5 Å². The third-order valence-corrected chi connectivity index (χ3v) is 6.34. The van der Waals surface area contributed by atoms with E-state index in [0.29, 0.717) is 54.2 Å². The second-order valence-corrected chi connectivity index (χ2v) is 8.44. The Balaban J connectivity index is 1.38. The summed E-state index contributed by atoms with van der Waals surface area (Å²) in [5.74, 6) is 0.492. The smallest absolute Gasteiger partial charge is 0.292 e. The van der Waals surface area contributed by atoms with Gasteiger partial charge in [-0.05, 0) is 47.9 Å². The van der Waals surface area contributed by atoms with Crippen molar-refractivity contribution < 1.29 is 14.1 Å². The average molecular weight is 472 g/mol. The lowest BCUT2D eigenvalue weighted by atomic mass is 10.2. The number of nitro groups is 1. The van der Waals surface area contributed by atoms with Gasteiger partial charge in [-0.2, -0.15) is 0 Å². The fraction of sp³-hybridized carbons (Fsp3) is 0.238. The number of furan rings is 1. The molecule has 1 aliphatic rings. The van der Waals surface area contributed by atoms with Gasteiger partial charge in [-0.1, -0.05) is 6.07 Å². The second-order valence-electron chi connectivity index (χ2n) is 7.10. The minimum absolute atomic E-state index is 0.0106. The zero-order chi connectivity index (χ0) is 22.5. The first-order valence-electron chi connectivity index (χ1n) is 9.94. The summed E-state index contributed by atoms with van der Waals surface area (Å²) in [4.78, 5) is 28.0. The summed E-state index contributed by atoms with van der Waals surface area (Å²) in [6, 6.07) is 12.2. The summed E-state index contributed by atoms with van der Waals surface area (Å²) in [6.45, 7) is 2.96. The number of nitrogens with zero attached hydrogens (tertiary/aromatic N) is 3. The Hall–Kier alpha value is -3.44. The molecule has 3 heterocycles. The van der Waals surface area contributed by atoms with Crippen molar-refractivity contribution >= 4 is 51.6 Å². The summed E-state index contributed by atoms with van der Waals surface area (Å²) < 4.78 is 5.30. The molecule has 1 saturated heterocycles. The van der Waals surface area contributed by atoms with E-state index in [0.717, 1.165) is 5.69 Å². The Morgan fingerprint density at radius 2 is 2.00 bits per heavy atom. The standard InChI is InChI=1S/C21H21N5O4S2/c27-20(19-4-2-12-32-19)23-21(31)25-9-7-24(8-10-25)15-5-6-18(26(28)29)17(13-15)22-14-16-3-1-11-30-16/h1-6,11-13,22H,7-10,14H2,(H,23,27,31). The first-order valence-corrected chi connectivity index (χ1v) is 11.2. The third-order valence-electron chi connectivity index (χ3n) is 5.11. The third kappa shape index (κ3) is 5.06. The van der Waals surface area contributed by atoms with E-state index in [9.17, 15) is 14.9 Å². The van der Waals surface area contributed by atoms with Gasteiger partial charge in [0.1, 0.15) is 11.4 Å². The molecular weight excluding hydrogens is 450 g/mol. The number of nitrogens with one attached hydrogen (secondary N) is 2. The number of amides is 1. The summed E-state index contributed by atoms with van der Waals surface area (Å²) in [6.07, 6.45) is 1.56. The molecule has 0 bridgehead atoms. The minimum Gasteiger partial charge on any atom is -0.467 e. The van der Waals surface area contributed by atoms with Gasteiger partial charge in [0.25, 0.3) is 11.6 Å². The van der Waals surface area contributed by atoms with Gasteiger partial charge in [0.15, 0.2) is 5.11 Å². The molecule has 11 heteroatoms. The van der Waals surface area contributed by atoms with Crippen LogP contribution in [0.3, 0.4) is 0 Å². The van der Waals surface area contributed by atoms with Crippen molar-refractivity contribution in [3.05, 3.63) is 74.9 Å². The Labute approximate surface area is 193 Å². The lowest BCUT2D eigenvalue weighted by molar-refractivity contribution is -0.384. The van der Waals surface area contributed by atoms with Crippen molar-refractivity contribution in [2.75, 3.05) is 36.4 Å². The van der Waals surface area contributed by atoms with Crippen LogP contribution in [0, 0.1) is 10.1 Å². The fourth-order valence-electron chi connectivity index (χ4n) is 3.43. The Bertz CT molecular complexity index is 1090. The van der Waals surface area contributed by atoms with Gasteiger partial charge in [-0.3, -0.25) is 20.2 Å². The molecule has 1 amide bonds. The van der Waals surface area contributed by atoms with E-state index in [2.05, 4.69) is 15.5 Å². The number of thiocarbonyl (C=S) groups is 1. The molecule has 0 atom stereocenters. The number of nitro benzene ring substituents is 1. The van der Waals surface area contributed by atoms with Gasteiger partial charge in [0.2, 0.25) is 0 Å².